The van der Waals surface area contributed by atoms with Crippen molar-refractivity contribution in [3.63, 3.8) is 0 Å². The van der Waals surface area contributed by atoms with Gasteiger partial charge in [0.1, 0.15) is 11.0 Å². The normalized spacial score (nSPS) is 11.0. The summed E-state index contributed by atoms with van der Waals surface area (Å²) in [4.78, 5) is 12.3. The molecule has 19 heavy (non-hydrogen) atoms. The first-order chi connectivity index (χ1) is 9.15. The fraction of sp³-hybridized carbons (Fsp3) is 0.0833. The van der Waals surface area contributed by atoms with Crippen molar-refractivity contribution in [1.82, 2.24) is 15.0 Å². The summed E-state index contributed by atoms with van der Waals surface area (Å²) in [6, 6.07) is 8.93. The molecule has 0 amide bonds. The van der Waals surface area contributed by atoms with Gasteiger partial charge >= 0.3 is 5.97 Å². The Morgan fingerprint density at radius 3 is 2.89 bits per heavy atom. The van der Waals surface area contributed by atoms with E-state index in [1.165, 1.54) is 0 Å². The topological polar surface area (TPSA) is 68.0 Å². The summed E-state index contributed by atoms with van der Waals surface area (Å²) in [6.45, 7) is 0.511. The second kappa shape index (κ2) is 4.75. The summed E-state index contributed by atoms with van der Waals surface area (Å²) in [5.41, 5.74) is 1.37. The molecule has 3 rings (SSSR count). The van der Waals surface area contributed by atoms with Crippen molar-refractivity contribution in [1.29, 1.82) is 0 Å². The standard InChI is InChI=1S/C12H8BrN3O2S/c13-10-5-4-7(19-10)6-16-11-8(12(17)18)2-1-3-9(11)14-15-16/h1-5H,6H2,(H,17,18). The maximum atomic E-state index is 11.2. The molecule has 7 heteroatoms. The van der Waals surface area contributed by atoms with Crippen LogP contribution in [0.25, 0.3) is 11.0 Å². The number of hydrogen-bond acceptors (Lipinski definition) is 4. The van der Waals surface area contributed by atoms with Gasteiger partial charge in [-0.1, -0.05) is 11.3 Å². The van der Waals surface area contributed by atoms with E-state index in [2.05, 4.69) is 26.2 Å². The van der Waals surface area contributed by atoms with Crippen LogP contribution in [0.3, 0.4) is 0 Å². The van der Waals surface area contributed by atoms with Crippen LogP contribution in [0.2, 0.25) is 0 Å². The lowest BCUT2D eigenvalue weighted by atomic mass is 10.2. The van der Waals surface area contributed by atoms with E-state index in [1.807, 2.05) is 12.1 Å². The SMILES string of the molecule is O=C(O)c1cccc2nnn(Cc3ccc(Br)s3)c12. The predicted molar refractivity (Wildman–Crippen MR) is 75.6 cm³/mol. The van der Waals surface area contributed by atoms with E-state index in [9.17, 15) is 9.90 Å². The summed E-state index contributed by atoms with van der Waals surface area (Å²) in [7, 11) is 0. The maximum absolute atomic E-state index is 11.2. The monoisotopic (exact) mass is 337 g/mol. The molecule has 0 atom stereocenters. The van der Waals surface area contributed by atoms with Crippen LogP contribution < -0.4 is 0 Å². The second-order valence-corrected chi connectivity index (χ2v) is 6.48. The van der Waals surface area contributed by atoms with Crippen LogP contribution in [0.1, 0.15) is 15.2 Å². The van der Waals surface area contributed by atoms with Crippen molar-refractivity contribution in [2.45, 2.75) is 6.54 Å². The van der Waals surface area contributed by atoms with Gasteiger partial charge in [-0.2, -0.15) is 0 Å². The maximum Gasteiger partial charge on any atom is 0.337 e. The van der Waals surface area contributed by atoms with E-state index < -0.39 is 5.97 Å². The highest BCUT2D eigenvalue weighted by Gasteiger charge is 2.15. The number of aromatic carboxylic acids is 1. The molecule has 0 spiro atoms. The predicted octanol–water partition coefficient (Wildman–Crippen LogP) is 3.00. The minimum atomic E-state index is -0.971. The number of para-hydroxylation sites is 1. The van der Waals surface area contributed by atoms with E-state index in [-0.39, 0.29) is 5.56 Å². The van der Waals surface area contributed by atoms with E-state index in [0.717, 1.165) is 8.66 Å². The third-order valence-corrected chi connectivity index (χ3v) is 4.31. The summed E-state index contributed by atoms with van der Waals surface area (Å²) in [5, 5.41) is 17.3. The minimum Gasteiger partial charge on any atom is -0.478 e. The molecular formula is C12H8BrN3O2S. The molecule has 1 aromatic carbocycles. The van der Waals surface area contributed by atoms with E-state index in [4.69, 9.17) is 0 Å². The zero-order valence-corrected chi connectivity index (χ0v) is 12.0. The second-order valence-electron chi connectivity index (χ2n) is 3.93. The van der Waals surface area contributed by atoms with Gasteiger partial charge in [0, 0.05) is 4.88 Å². The number of carboxylic acids is 1. The quantitative estimate of drug-likeness (QED) is 0.797. The van der Waals surface area contributed by atoms with Crippen molar-refractivity contribution in [3.8, 4) is 0 Å². The average Bonchev–Trinajstić information content (AvgIpc) is 2.97. The number of aromatic nitrogens is 3. The molecule has 0 aliphatic heterocycles. The number of thiophene rings is 1. The Kier molecular flexibility index (Phi) is 3.08. The summed E-state index contributed by atoms with van der Waals surface area (Å²) in [6.07, 6.45) is 0. The van der Waals surface area contributed by atoms with Crippen LogP contribution in [-0.4, -0.2) is 26.1 Å². The third kappa shape index (κ3) is 2.26. The summed E-state index contributed by atoms with van der Waals surface area (Å²) < 4.78 is 2.65. The van der Waals surface area contributed by atoms with Crippen LogP contribution in [0.4, 0.5) is 0 Å². The van der Waals surface area contributed by atoms with Gasteiger partial charge in [0.05, 0.1) is 15.9 Å². The fourth-order valence-electron chi connectivity index (χ4n) is 1.90. The highest BCUT2D eigenvalue weighted by molar-refractivity contribution is 9.11. The van der Waals surface area contributed by atoms with Crippen molar-refractivity contribution in [2.75, 3.05) is 0 Å². The van der Waals surface area contributed by atoms with Gasteiger partial charge in [-0.3, -0.25) is 0 Å². The Balaban J connectivity index is 2.11. The molecule has 96 valence electrons. The van der Waals surface area contributed by atoms with Crippen LogP contribution in [0.15, 0.2) is 34.1 Å². The minimum absolute atomic E-state index is 0.220. The van der Waals surface area contributed by atoms with Gasteiger partial charge in [0.2, 0.25) is 0 Å². The number of nitrogens with zero attached hydrogens (tertiary/aromatic N) is 3. The van der Waals surface area contributed by atoms with Crippen LogP contribution in [-0.2, 0) is 6.54 Å². The number of fused-ring (bicyclic) bond motifs is 1. The van der Waals surface area contributed by atoms with Gasteiger partial charge in [0.25, 0.3) is 0 Å². The van der Waals surface area contributed by atoms with Gasteiger partial charge in [-0.05, 0) is 40.2 Å². The smallest absolute Gasteiger partial charge is 0.337 e. The van der Waals surface area contributed by atoms with E-state index in [0.29, 0.717) is 17.6 Å². The number of carboxylic acid groups (broad SMARTS) is 1. The molecule has 2 aromatic heterocycles. The number of halogens is 1. The number of carbonyl (C=O) groups is 1. The van der Waals surface area contributed by atoms with E-state index >= 15 is 0 Å². The number of rotatable bonds is 3. The molecule has 0 radical (unpaired) electrons. The average molecular weight is 338 g/mol. The highest BCUT2D eigenvalue weighted by atomic mass is 79.9. The lowest BCUT2D eigenvalue weighted by Crippen LogP contribution is -2.05. The molecule has 0 aliphatic rings. The molecule has 0 saturated heterocycles. The first-order valence-electron chi connectivity index (χ1n) is 5.45. The molecule has 0 bridgehead atoms. The molecular weight excluding hydrogens is 330 g/mol. The Bertz CT molecular complexity index is 765. The lowest BCUT2D eigenvalue weighted by molar-refractivity contribution is 0.0698. The van der Waals surface area contributed by atoms with Crippen LogP contribution in [0.5, 0.6) is 0 Å². The summed E-state index contributed by atoms with van der Waals surface area (Å²) >= 11 is 4.99. The van der Waals surface area contributed by atoms with Crippen LogP contribution in [0, 0.1) is 0 Å². The summed E-state index contributed by atoms with van der Waals surface area (Å²) in [5.74, 6) is -0.971. The molecule has 0 aliphatic carbocycles. The van der Waals surface area contributed by atoms with Gasteiger partial charge in [-0.25, -0.2) is 9.48 Å². The zero-order valence-electron chi connectivity index (χ0n) is 9.58. The Morgan fingerprint density at radius 1 is 1.37 bits per heavy atom. The first-order valence-corrected chi connectivity index (χ1v) is 7.06. The Labute approximate surface area is 120 Å². The van der Waals surface area contributed by atoms with Crippen LogP contribution >= 0.6 is 27.3 Å². The molecule has 0 saturated carbocycles. The van der Waals surface area contributed by atoms with Crippen molar-refractivity contribution >= 4 is 44.3 Å². The van der Waals surface area contributed by atoms with Gasteiger partial charge in [0.15, 0.2) is 0 Å². The van der Waals surface area contributed by atoms with Crippen molar-refractivity contribution < 1.29 is 9.90 Å². The highest BCUT2D eigenvalue weighted by Crippen LogP contribution is 2.24. The van der Waals surface area contributed by atoms with E-state index in [1.54, 1.807) is 34.2 Å². The van der Waals surface area contributed by atoms with Gasteiger partial charge < -0.3 is 5.11 Å². The largest absolute Gasteiger partial charge is 0.478 e. The van der Waals surface area contributed by atoms with Gasteiger partial charge in [-0.15, -0.1) is 16.4 Å². The Morgan fingerprint density at radius 2 is 2.21 bits per heavy atom. The molecule has 3 aromatic rings. The third-order valence-electron chi connectivity index (χ3n) is 2.70. The molecule has 0 unspecified atom stereocenters. The van der Waals surface area contributed by atoms with Crippen molar-refractivity contribution in [2.24, 2.45) is 0 Å². The number of benzene rings is 1. The lowest BCUT2D eigenvalue weighted by Gasteiger charge is -2.02. The molecule has 5 nitrogen and oxygen atoms in total. The fourth-order valence-corrected chi connectivity index (χ4v) is 3.36. The first kappa shape index (κ1) is 12.3. The molecule has 2 heterocycles. The molecule has 0 fully saturated rings. The molecule has 1 N–H and O–H groups in total. The number of hydrogen-bond donors (Lipinski definition) is 1. The zero-order chi connectivity index (χ0) is 13.4. The Hall–Kier alpha value is -1.73. The van der Waals surface area contributed by atoms with Crippen molar-refractivity contribution in [3.05, 3.63) is 44.6 Å².